The van der Waals surface area contributed by atoms with Crippen LogP contribution in [0, 0.1) is 6.92 Å². The average molecular weight is 210 g/mol. The summed E-state index contributed by atoms with van der Waals surface area (Å²) in [6.07, 6.45) is 1.84. The van der Waals surface area contributed by atoms with Crippen LogP contribution in [0.25, 0.3) is 0 Å². The lowest BCUT2D eigenvalue weighted by molar-refractivity contribution is 0.913. The molecule has 0 amide bonds. The largest absolute Gasteiger partial charge is 0.319 e. The summed E-state index contributed by atoms with van der Waals surface area (Å²) in [6, 6.07) is 4.19. The number of thiophene rings is 1. The molecule has 1 unspecified atom stereocenters. The number of thiazole rings is 1. The highest BCUT2D eigenvalue weighted by Crippen LogP contribution is 2.27. The molecule has 0 saturated carbocycles. The molecule has 68 valence electrons. The van der Waals surface area contributed by atoms with Crippen molar-refractivity contribution in [3.63, 3.8) is 0 Å². The Morgan fingerprint density at radius 2 is 2.23 bits per heavy atom. The second-order valence-corrected chi connectivity index (χ2v) is 5.07. The molecule has 0 aliphatic heterocycles. The van der Waals surface area contributed by atoms with Crippen molar-refractivity contribution in [1.29, 1.82) is 0 Å². The molecule has 1 atom stereocenters. The Balaban J connectivity index is 2.28. The number of hydrogen-bond acceptors (Lipinski definition) is 4. The van der Waals surface area contributed by atoms with Crippen LogP contribution >= 0.6 is 22.7 Å². The zero-order valence-electron chi connectivity index (χ0n) is 7.23. The van der Waals surface area contributed by atoms with Gasteiger partial charge in [-0.15, -0.1) is 22.7 Å². The van der Waals surface area contributed by atoms with Gasteiger partial charge >= 0.3 is 0 Å². The van der Waals surface area contributed by atoms with Gasteiger partial charge in [-0.05, 0) is 19.1 Å². The predicted octanol–water partition coefficient (Wildman–Crippen LogP) is 2.56. The fraction of sp³-hybridized carbons (Fsp3) is 0.222. The summed E-state index contributed by atoms with van der Waals surface area (Å²) in [4.78, 5) is 7.66. The van der Waals surface area contributed by atoms with Gasteiger partial charge in [0.1, 0.15) is 0 Å². The van der Waals surface area contributed by atoms with Gasteiger partial charge in [-0.2, -0.15) is 0 Å². The van der Waals surface area contributed by atoms with E-state index < -0.39 is 0 Å². The first-order valence-corrected chi connectivity index (χ1v) is 5.67. The summed E-state index contributed by atoms with van der Waals surface area (Å²) in [5, 5.41) is 0. The van der Waals surface area contributed by atoms with Crippen LogP contribution in [0.5, 0.6) is 0 Å². The van der Waals surface area contributed by atoms with Crippen LogP contribution in [0.15, 0.2) is 23.8 Å². The van der Waals surface area contributed by atoms with Gasteiger partial charge in [0, 0.05) is 20.8 Å². The van der Waals surface area contributed by atoms with Gasteiger partial charge < -0.3 is 5.73 Å². The van der Waals surface area contributed by atoms with E-state index in [2.05, 4.69) is 24.0 Å². The molecule has 0 bridgehead atoms. The Morgan fingerprint density at radius 1 is 1.38 bits per heavy atom. The quantitative estimate of drug-likeness (QED) is 0.827. The van der Waals surface area contributed by atoms with Crippen molar-refractivity contribution in [2.45, 2.75) is 13.0 Å². The standard InChI is InChI=1S/C9H10N2S2/c1-6-2-3-7(13-6)9(10)8-4-11-5-12-8/h2-5,9H,10H2,1H3. The van der Waals surface area contributed by atoms with Crippen molar-refractivity contribution >= 4 is 22.7 Å². The van der Waals surface area contributed by atoms with Crippen LogP contribution in [0.3, 0.4) is 0 Å². The molecule has 2 aromatic heterocycles. The second kappa shape index (κ2) is 3.57. The third-order valence-corrected chi connectivity index (χ3v) is 3.77. The molecule has 4 heteroatoms. The fourth-order valence-electron chi connectivity index (χ4n) is 1.14. The number of nitrogens with zero attached hydrogens (tertiary/aromatic N) is 1. The van der Waals surface area contributed by atoms with Crippen molar-refractivity contribution < 1.29 is 0 Å². The summed E-state index contributed by atoms with van der Waals surface area (Å²) in [7, 11) is 0. The van der Waals surface area contributed by atoms with E-state index in [1.165, 1.54) is 9.75 Å². The van der Waals surface area contributed by atoms with E-state index in [0.29, 0.717) is 0 Å². The lowest BCUT2D eigenvalue weighted by Gasteiger charge is -2.04. The number of aromatic nitrogens is 1. The first-order chi connectivity index (χ1) is 6.27. The van der Waals surface area contributed by atoms with Gasteiger partial charge in [0.15, 0.2) is 0 Å². The lowest BCUT2D eigenvalue weighted by Crippen LogP contribution is -2.07. The summed E-state index contributed by atoms with van der Waals surface area (Å²) in [5.41, 5.74) is 7.87. The van der Waals surface area contributed by atoms with E-state index in [1.807, 2.05) is 11.7 Å². The predicted molar refractivity (Wildman–Crippen MR) is 57.2 cm³/mol. The van der Waals surface area contributed by atoms with E-state index in [-0.39, 0.29) is 6.04 Å². The molecule has 13 heavy (non-hydrogen) atoms. The average Bonchev–Trinajstić information content (AvgIpc) is 2.72. The Kier molecular flexibility index (Phi) is 2.44. The minimum atomic E-state index is 0.00574. The van der Waals surface area contributed by atoms with Gasteiger partial charge in [0.05, 0.1) is 11.6 Å². The van der Waals surface area contributed by atoms with Crippen LogP contribution in [0.2, 0.25) is 0 Å². The molecule has 0 aromatic carbocycles. The van der Waals surface area contributed by atoms with Crippen LogP contribution in [0.4, 0.5) is 0 Å². The van der Waals surface area contributed by atoms with E-state index in [4.69, 9.17) is 5.73 Å². The summed E-state index contributed by atoms with van der Waals surface area (Å²) in [5.74, 6) is 0. The molecular weight excluding hydrogens is 200 g/mol. The summed E-state index contributed by atoms with van der Waals surface area (Å²) in [6.45, 7) is 2.09. The minimum absolute atomic E-state index is 0.00574. The molecular formula is C9H10N2S2. The second-order valence-electron chi connectivity index (χ2n) is 2.83. The lowest BCUT2D eigenvalue weighted by atomic mass is 10.2. The van der Waals surface area contributed by atoms with Crippen molar-refractivity contribution in [3.8, 4) is 0 Å². The zero-order valence-corrected chi connectivity index (χ0v) is 8.86. The van der Waals surface area contributed by atoms with E-state index in [9.17, 15) is 0 Å². The van der Waals surface area contributed by atoms with Crippen LogP contribution in [-0.4, -0.2) is 4.98 Å². The molecule has 0 radical (unpaired) electrons. The Bertz CT molecular complexity index is 378. The first kappa shape index (κ1) is 8.87. The molecule has 2 heterocycles. The highest BCUT2D eigenvalue weighted by molar-refractivity contribution is 7.12. The molecule has 0 spiro atoms. The van der Waals surface area contributed by atoms with Crippen molar-refractivity contribution in [2.24, 2.45) is 5.73 Å². The molecule has 0 saturated heterocycles. The fourth-order valence-corrected chi connectivity index (χ4v) is 2.75. The number of rotatable bonds is 2. The maximum Gasteiger partial charge on any atom is 0.0794 e. The van der Waals surface area contributed by atoms with E-state index >= 15 is 0 Å². The SMILES string of the molecule is Cc1ccc(C(N)c2cncs2)s1. The van der Waals surface area contributed by atoms with Crippen LogP contribution < -0.4 is 5.73 Å². The maximum absolute atomic E-state index is 6.05. The maximum atomic E-state index is 6.05. The van der Waals surface area contributed by atoms with Gasteiger partial charge in [-0.1, -0.05) is 0 Å². The molecule has 2 N–H and O–H groups in total. The van der Waals surface area contributed by atoms with E-state index in [1.54, 1.807) is 22.7 Å². The monoisotopic (exact) mass is 210 g/mol. The van der Waals surface area contributed by atoms with Gasteiger partial charge in [-0.25, -0.2) is 0 Å². The molecule has 2 nitrogen and oxygen atoms in total. The molecule has 0 aliphatic rings. The minimum Gasteiger partial charge on any atom is -0.319 e. The Hall–Kier alpha value is -0.710. The van der Waals surface area contributed by atoms with Crippen LogP contribution in [0.1, 0.15) is 20.7 Å². The van der Waals surface area contributed by atoms with Crippen LogP contribution in [-0.2, 0) is 0 Å². The topological polar surface area (TPSA) is 38.9 Å². The summed E-state index contributed by atoms with van der Waals surface area (Å²) >= 11 is 3.35. The number of hydrogen-bond donors (Lipinski definition) is 1. The van der Waals surface area contributed by atoms with E-state index in [0.717, 1.165) is 4.88 Å². The van der Waals surface area contributed by atoms with Crippen molar-refractivity contribution in [2.75, 3.05) is 0 Å². The van der Waals surface area contributed by atoms with Gasteiger partial charge in [0.2, 0.25) is 0 Å². The highest BCUT2D eigenvalue weighted by Gasteiger charge is 2.11. The van der Waals surface area contributed by atoms with Crippen molar-refractivity contribution in [1.82, 2.24) is 4.98 Å². The van der Waals surface area contributed by atoms with Gasteiger partial charge in [0.25, 0.3) is 0 Å². The molecule has 0 aliphatic carbocycles. The smallest absolute Gasteiger partial charge is 0.0794 e. The number of nitrogens with two attached hydrogens (primary N) is 1. The van der Waals surface area contributed by atoms with Crippen molar-refractivity contribution in [3.05, 3.63) is 38.5 Å². The number of aryl methyl sites for hydroxylation is 1. The third-order valence-electron chi connectivity index (χ3n) is 1.83. The normalized spacial score (nSPS) is 13.1. The highest BCUT2D eigenvalue weighted by atomic mass is 32.1. The molecule has 0 fully saturated rings. The molecule has 2 aromatic rings. The molecule has 2 rings (SSSR count). The van der Waals surface area contributed by atoms with Gasteiger partial charge in [-0.3, -0.25) is 4.98 Å². The first-order valence-electron chi connectivity index (χ1n) is 3.97. The Morgan fingerprint density at radius 3 is 2.77 bits per heavy atom. The summed E-state index contributed by atoms with van der Waals surface area (Å²) < 4.78 is 0. The zero-order chi connectivity index (χ0) is 9.26. The Labute approximate surface area is 85.1 Å². The third kappa shape index (κ3) is 1.80.